The molecule has 0 fully saturated rings. The normalized spacial score (nSPS) is 11.2. The van der Waals surface area contributed by atoms with Crippen LogP contribution < -0.4 is 10.5 Å². The Labute approximate surface area is 130 Å². The van der Waals surface area contributed by atoms with Gasteiger partial charge in [-0.25, -0.2) is 13.1 Å². The summed E-state index contributed by atoms with van der Waals surface area (Å²) in [5.74, 6) is 3.61. The lowest BCUT2D eigenvalue weighted by atomic mass is 10.3. The summed E-state index contributed by atoms with van der Waals surface area (Å²) in [6.07, 6.45) is 5.10. The fraction of sp³-hybridized carbons (Fsp3) is 0.273. The highest BCUT2D eigenvalue weighted by Crippen LogP contribution is 2.31. The quantitative estimate of drug-likeness (QED) is 0.449. The molecule has 1 aromatic carbocycles. The van der Waals surface area contributed by atoms with Crippen LogP contribution in [0.15, 0.2) is 21.5 Å². The van der Waals surface area contributed by atoms with Gasteiger partial charge in [0.1, 0.15) is 0 Å². The Kier molecular flexibility index (Phi) is 6.50. The minimum atomic E-state index is -3.65. The van der Waals surface area contributed by atoms with E-state index in [0.717, 1.165) is 0 Å². The van der Waals surface area contributed by atoms with E-state index in [2.05, 4.69) is 26.6 Å². The van der Waals surface area contributed by atoms with E-state index in [1.807, 2.05) is 0 Å². The second-order valence-electron chi connectivity index (χ2n) is 3.46. The molecule has 8 heteroatoms. The number of sulfonamides is 1. The molecule has 0 saturated heterocycles. The average Bonchev–Trinajstić information content (AvgIpc) is 2.33. The highest BCUT2D eigenvalue weighted by atomic mass is 79.9. The highest BCUT2D eigenvalue weighted by molar-refractivity contribution is 9.10. The largest absolute Gasteiger partial charge is 0.398 e. The van der Waals surface area contributed by atoms with Crippen LogP contribution in [0.2, 0.25) is 5.02 Å². The molecule has 0 aliphatic heterocycles. The molecule has 19 heavy (non-hydrogen) atoms. The fourth-order valence-electron chi connectivity index (χ4n) is 1.24. The van der Waals surface area contributed by atoms with Gasteiger partial charge in [-0.2, -0.15) is 0 Å². The molecule has 0 heterocycles. The van der Waals surface area contributed by atoms with E-state index in [1.165, 1.54) is 23.9 Å². The van der Waals surface area contributed by atoms with Gasteiger partial charge in [-0.1, -0.05) is 17.5 Å². The maximum atomic E-state index is 12.1. The molecular formula is C11H12BrClN2O2S2. The van der Waals surface area contributed by atoms with E-state index in [4.69, 9.17) is 23.8 Å². The predicted octanol–water partition coefficient (Wildman–Crippen LogP) is 2.33. The number of hydrogen-bond donors (Lipinski definition) is 2. The zero-order valence-electron chi connectivity index (χ0n) is 9.82. The third-order valence-corrected chi connectivity index (χ3v) is 5.76. The van der Waals surface area contributed by atoms with E-state index >= 15 is 0 Å². The first-order valence-corrected chi connectivity index (χ1v) is 8.94. The summed E-state index contributed by atoms with van der Waals surface area (Å²) in [4.78, 5) is 0.0273. The van der Waals surface area contributed by atoms with Crippen molar-refractivity contribution < 1.29 is 8.42 Å². The van der Waals surface area contributed by atoms with Gasteiger partial charge >= 0.3 is 0 Å². The predicted molar refractivity (Wildman–Crippen MR) is 84.9 cm³/mol. The minimum Gasteiger partial charge on any atom is -0.398 e. The number of anilines is 1. The number of halogens is 2. The Balaban J connectivity index is 2.81. The second kappa shape index (κ2) is 7.41. The third-order valence-electron chi connectivity index (χ3n) is 2.05. The molecule has 0 aliphatic carbocycles. The summed E-state index contributed by atoms with van der Waals surface area (Å²) in [5, 5.41) is 0.266. The summed E-state index contributed by atoms with van der Waals surface area (Å²) in [6, 6.07) is 2.83. The van der Waals surface area contributed by atoms with Crippen LogP contribution in [-0.2, 0) is 10.0 Å². The summed E-state index contributed by atoms with van der Waals surface area (Å²) >= 11 is 10.4. The molecule has 104 valence electrons. The third kappa shape index (κ3) is 4.89. The molecule has 0 radical (unpaired) electrons. The minimum absolute atomic E-state index is 0.0273. The Morgan fingerprint density at radius 3 is 2.84 bits per heavy atom. The van der Waals surface area contributed by atoms with Crippen molar-refractivity contribution >= 4 is 55.0 Å². The Morgan fingerprint density at radius 2 is 2.21 bits per heavy atom. The molecule has 0 unspecified atom stereocenters. The first kappa shape index (κ1) is 16.7. The van der Waals surface area contributed by atoms with Gasteiger partial charge in [-0.3, -0.25) is 0 Å². The zero-order chi connectivity index (χ0) is 14.5. The second-order valence-corrected chi connectivity index (χ2v) is 7.53. The standard InChI is InChI=1S/C11H12BrClN2O2S2/c1-2-4-18-5-3-15-19(16,17)10-7-8(13)6-9(14)11(10)12/h1,6-7,15H,3-5,14H2. The maximum absolute atomic E-state index is 12.1. The molecule has 3 N–H and O–H groups in total. The number of rotatable bonds is 6. The molecule has 0 atom stereocenters. The number of thioether (sulfide) groups is 1. The van der Waals surface area contributed by atoms with Crippen molar-refractivity contribution in [1.82, 2.24) is 4.72 Å². The van der Waals surface area contributed by atoms with Crippen molar-refractivity contribution in [3.05, 3.63) is 21.6 Å². The fourth-order valence-corrected chi connectivity index (χ4v) is 4.20. The van der Waals surface area contributed by atoms with E-state index in [1.54, 1.807) is 0 Å². The molecule has 0 amide bonds. The van der Waals surface area contributed by atoms with Gasteiger partial charge < -0.3 is 5.73 Å². The van der Waals surface area contributed by atoms with Gasteiger partial charge in [0.25, 0.3) is 0 Å². The lowest BCUT2D eigenvalue weighted by molar-refractivity contribution is 0.584. The van der Waals surface area contributed by atoms with Gasteiger partial charge in [0.2, 0.25) is 10.0 Å². The van der Waals surface area contributed by atoms with Crippen LogP contribution in [0.25, 0.3) is 0 Å². The van der Waals surface area contributed by atoms with Crippen LogP contribution in [0.4, 0.5) is 5.69 Å². The first-order chi connectivity index (χ1) is 8.88. The molecule has 0 saturated carbocycles. The van der Waals surface area contributed by atoms with Crippen molar-refractivity contribution in [3.8, 4) is 12.3 Å². The van der Waals surface area contributed by atoms with E-state index in [-0.39, 0.29) is 22.2 Å². The molecule has 1 rings (SSSR count). The van der Waals surface area contributed by atoms with Crippen molar-refractivity contribution in [2.24, 2.45) is 0 Å². The van der Waals surface area contributed by atoms with Gasteiger partial charge in [0, 0.05) is 23.0 Å². The lowest BCUT2D eigenvalue weighted by Crippen LogP contribution is -2.26. The topological polar surface area (TPSA) is 72.2 Å². The van der Waals surface area contributed by atoms with E-state index in [9.17, 15) is 8.42 Å². The molecule has 0 bridgehead atoms. The molecule has 1 aromatic rings. The maximum Gasteiger partial charge on any atom is 0.241 e. The number of terminal acetylenes is 1. The van der Waals surface area contributed by atoms with E-state index < -0.39 is 10.0 Å². The summed E-state index contributed by atoms with van der Waals surface area (Å²) in [7, 11) is -3.65. The van der Waals surface area contributed by atoms with Crippen molar-refractivity contribution in [3.63, 3.8) is 0 Å². The van der Waals surface area contributed by atoms with Crippen LogP contribution in [0.1, 0.15) is 0 Å². The van der Waals surface area contributed by atoms with Crippen LogP contribution in [0, 0.1) is 12.3 Å². The Morgan fingerprint density at radius 1 is 1.53 bits per heavy atom. The summed E-state index contributed by atoms with van der Waals surface area (Å²) < 4.78 is 26.9. The van der Waals surface area contributed by atoms with Crippen LogP contribution >= 0.6 is 39.3 Å². The number of benzene rings is 1. The van der Waals surface area contributed by atoms with E-state index in [0.29, 0.717) is 16.0 Å². The number of nitrogens with two attached hydrogens (primary N) is 1. The average molecular weight is 384 g/mol. The first-order valence-electron chi connectivity index (χ1n) is 5.14. The molecule has 0 aliphatic rings. The number of nitrogens with one attached hydrogen (secondary N) is 1. The van der Waals surface area contributed by atoms with Crippen molar-refractivity contribution in [2.75, 3.05) is 23.8 Å². The zero-order valence-corrected chi connectivity index (χ0v) is 13.8. The van der Waals surface area contributed by atoms with Gasteiger partial charge in [0.15, 0.2) is 0 Å². The molecular weight excluding hydrogens is 372 g/mol. The highest BCUT2D eigenvalue weighted by Gasteiger charge is 2.19. The monoisotopic (exact) mass is 382 g/mol. The summed E-state index contributed by atoms with van der Waals surface area (Å²) in [5.41, 5.74) is 5.94. The van der Waals surface area contributed by atoms with Crippen LogP contribution in [-0.4, -0.2) is 26.5 Å². The van der Waals surface area contributed by atoms with Crippen LogP contribution in [0.3, 0.4) is 0 Å². The SMILES string of the molecule is C#CCSCCNS(=O)(=O)c1cc(Cl)cc(N)c1Br. The number of hydrogen-bond acceptors (Lipinski definition) is 4. The summed E-state index contributed by atoms with van der Waals surface area (Å²) in [6.45, 7) is 0.285. The smallest absolute Gasteiger partial charge is 0.241 e. The molecule has 4 nitrogen and oxygen atoms in total. The number of nitrogen functional groups attached to an aromatic ring is 1. The molecule has 0 aromatic heterocycles. The van der Waals surface area contributed by atoms with Crippen LogP contribution in [0.5, 0.6) is 0 Å². The Bertz CT molecular complexity index is 599. The van der Waals surface area contributed by atoms with Crippen molar-refractivity contribution in [2.45, 2.75) is 4.90 Å². The van der Waals surface area contributed by atoms with Gasteiger partial charge in [-0.05, 0) is 28.1 Å². The Hall–Kier alpha value is -0.390. The van der Waals surface area contributed by atoms with Gasteiger partial charge in [-0.15, -0.1) is 18.2 Å². The molecule has 0 spiro atoms. The van der Waals surface area contributed by atoms with Crippen molar-refractivity contribution in [1.29, 1.82) is 0 Å². The van der Waals surface area contributed by atoms with Gasteiger partial charge in [0.05, 0.1) is 15.1 Å². The lowest BCUT2D eigenvalue weighted by Gasteiger charge is -2.10.